The highest BCUT2D eigenvalue weighted by Gasteiger charge is 2.30. The topological polar surface area (TPSA) is 76.3 Å². The monoisotopic (exact) mass is 445 g/mol. The highest BCUT2D eigenvalue weighted by molar-refractivity contribution is 7.89. The van der Waals surface area contributed by atoms with Crippen LogP contribution in [0.2, 0.25) is 0 Å². The summed E-state index contributed by atoms with van der Waals surface area (Å²) in [6.07, 6.45) is 5.20. The molecule has 0 spiro atoms. The average Bonchev–Trinajstić information content (AvgIpc) is 2.95. The van der Waals surface area contributed by atoms with Gasteiger partial charge < -0.3 is 5.73 Å². The first-order chi connectivity index (χ1) is 15.4. The van der Waals surface area contributed by atoms with Gasteiger partial charge in [-0.25, -0.2) is 8.42 Å². The van der Waals surface area contributed by atoms with E-state index in [0.717, 1.165) is 24.1 Å². The number of hydrogen-bond acceptors (Lipinski definition) is 4. The van der Waals surface area contributed by atoms with E-state index in [1.807, 2.05) is 19.2 Å². The van der Waals surface area contributed by atoms with Gasteiger partial charge in [-0.05, 0) is 79.1 Å². The van der Waals surface area contributed by atoms with Crippen LogP contribution in [0.15, 0.2) is 71.3 Å². The van der Waals surface area contributed by atoms with Gasteiger partial charge in [0, 0.05) is 30.5 Å². The van der Waals surface area contributed by atoms with Crippen molar-refractivity contribution in [2.75, 3.05) is 18.8 Å². The number of nitrogens with two attached hydrogens (primary N) is 1. The third kappa shape index (κ3) is 3.74. The summed E-state index contributed by atoms with van der Waals surface area (Å²) >= 11 is 0. The van der Waals surface area contributed by atoms with Crippen LogP contribution in [0.4, 0.5) is 5.69 Å². The van der Waals surface area contributed by atoms with Gasteiger partial charge in [0.05, 0.1) is 10.6 Å². The second-order valence-electron chi connectivity index (χ2n) is 8.63. The molecule has 2 heterocycles. The molecular weight excluding hydrogens is 418 g/mol. The van der Waals surface area contributed by atoms with Crippen LogP contribution in [0.5, 0.6) is 0 Å². The molecule has 1 saturated heterocycles. The molecule has 0 saturated carbocycles. The van der Waals surface area contributed by atoms with Gasteiger partial charge in [0.25, 0.3) is 0 Å². The number of aromatic nitrogens is 1. The van der Waals surface area contributed by atoms with Crippen LogP contribution in [-0.2, 0) is 22.9 Å². The second-order valence-corrected chi connectivity index (χ2v) is 10.6. The molecule has 32 heavy (non-hydrogen) atoms. The minimum absolute atomic E-state index is 0.276. The van der Waals surface area contributed by atoms with Crippen molar-refractivity contribution in [3.63, 3.8) is 0 Å². The Morgan fingerprint density at radius 1 is 0.906 bits per heavy atom. The predicted octanol–water partition coefficient (Wildman–Crippen LogP) is 4.36. The Labute approximate surface area is 189 Å². The quantitative estimate of drug-likeness (QED) is 0.595. The van der Waals surface area contributed by atoms with E-state index in [1.54, 1.807) is 22.5 Å². The number of anilines is 1. The molecule has 2 aromatic carbocycles. The van der Waals surface area contributed by atoms with E-state index in [2.05, 4.69) is 30.3 Å². The van der Waals surface area contributed by atoms with Crippen molar-refractivity contribution in [3.05, 3.63) is 94.3 Å². The van der Waals surface area contributed by atoms with E-state index in [9.17, 15) is 8.42 Å². The number of nitrogens with zero attached hydrogens (tertiary/aromatic N) is 2. The van der Waals surface area contributed by atoms with Crippen LogP contribution >= 0.6 is 0 Å². The van der Waals surface area contributed by atoms with Gasteiger partial charge in [-0.3, -0.25) is 4.98 Å². The summed E-state index contributed by atoms with van der Waals surface area (Å²) in [5.41, 5.74) is 14.6. The summed E-state index contributed by atoms with van der Waals surface area (Å²) in [4.78, 5) is 5.04. The highest BCUT2D eigenvalue weighted by Crippen LogP contribution is 2.38. The standard InChI is InChI=1S/C26H27N3O2S/c1-18-15-22(27)17-23(16-18)32(30,31)29-13-10-20(11-14-29)25-24-7-3-2-5-19(24)8-9-21-6-4-12-28-26(21)25/h2-7,12,15-17H,8-11,13-14,27H2,1H3. The van der Waals surface area contributed by atoms with Crippen LogP contribution < -0.4 is 5.73 Å². The number of benzene rings is 2. The molecule has 1 aliphatic heterocycles. The van der Waals surface area contributed by atoms with E-state index < -0.39 is 10.0 Å². The first-order valence-electron chi connectivity index (χ1n) is 11.1. The lowest BCUT2D eigenvalue weighted by Crippen LogP contribution is -2.36. The molecule has 5 nitrogen and oxygen atoms in total. The smallest absolute Gasteiger partial charge is 0.243 e. The van der Waals surface area contributed by atoms with Crippen molar-refractivity contribution < 1.29 is 8.42 Å². The number of rotatable bonds is 2. The van der Waals surface area contributed by atoms with Gasteiger partial charge in [0.15, 0.2) is 0 Å². The van der Waals surface area contributed by atoms with E-state index in [1.165, 1.54) is 27.8 Å². The maximum Gasteiger partial charge on any atom is 0.243 e. The number of sulfonamides is 1. The van der Waals surface area contributed by atoms with Gasteiger partial charge in [-0.2, -0.15) is 4.31 Å². The Bertz CT molecular complexity index is 1250. The summed E-state index contributed by atoms with van der Waals surface area (Å²) in [7, 11) is -3.57. The maximum atomic E-state index is 13.3. The molecule has 2 aliphatic rings. The van der Waals surface area contributed by atoms with Crippen LogP contribution in [0.25, 0.3) is 5.57 Å². The number of fused-ring (bicyclic) bond motifs is 2. The molecule has 6 heteroatoms. The molecule has 1 aromatic heterocycles. The second kappa shape index (κ2) is 8.19. The molecule has 5 rings (SSSR count). The fourth-order valence-corrected chi connectivity index (χ4v) is 6.50. The first kappa shape index (κ1) is 20.9. The molecule has 3 aromatic rings. The molecule has 0 atom stereocenters. The fraction of sp³-hybridized carbons (Fsp3) is 0.269. The lowest BCUT2D eigenvalue weighted by molar-refractivity contribution is 0.387. The molecule has 0 bridgehead atoms. The Morgan fingerprint density at radius 3 is 2.41 bits per heavy atom. The number of nitrogen functional groups attached to an aromatic ring is 1. The largest absolute Gasteiger partial charge is 0.399 e. The Balaban J connectivity index is 1.52. The summed E-state index contributed by atoms with van der Waals surface area (Å²) in [5.74, 6) is 0. The van der Waals surface area contributed by atoms with E-state index in [4.69, 9.17) is 10.7 Å². The molecule has 1 fully saturated rings. The third-order valence-corrected chi connectivity index (χ3v) is 8.35. The Kier molecular flexibility index (Phi) is 5.35. The molecule has 0 radical (unpaired) electrons. The number of aryl methyl sites for hydroxylation is 3. The van der Waals surface area contributed by atoms with Gasteiger partial charge in [0.1, 0.15) is 0 Å². The predicted molar refractivity (Wildman–Crippen MR) is 128 cm³/mol. The summed E-state index contributed by atoms with van der Waals surface area (Å²) in [6, 6.07) is 17.7. The van der Waals surface area contributed by atoms with Crippen molar-refractivity contribution >= 4 is 21.3 Å². The normalized spacial score (nSPS) is 16.9. The van der Waals surface area contributed by atoms with Crippen molar-refractivity contribution in [2.45, 2.75) is 37.5 Å². The van der Waals surface area contributed by atoms with Crippen molar-refractivity contribution in [3.8, 4) is 0 Å². The lowest BCUT2D eigenvalue weighted by atomic mass is 9.89. The molecule has 164 valence electrons. The fourth-order valence-electron chi connectivity index (χ4n) is 4.92. The van der Waals surface area contributed by atoms with Crippen molar-refractivity contribution in [1.82, 2.24) is 9.29 Å². The van der Waals surface area contributed by atoms with E-state index >= 15 is 0 Å². The Morgan fingerprint density at radius 2 is 1.62 bits per heavy atom. The first-order valence-corrected chi connectivity index (χ1v) is 12.5. The Hall–Kier alpha value is -2.96. The zero-order chi connectivity index (χ0) is 22.3. The third-order valence-electron chi connectivity index (χ3n) is 6.47. The van der Waals surface area contributed by atoms with Crippen LogP contribution in [-0.4, -0.2) is 30.8 Å². The van der Waals surface area contributed by atoms with Crippen LogP contribution in [0.3, 0.4) is 0 Å². The molecule has 1 aliphatic carbocycles. The van der Waals surface area contributed by atoms with Crippen molar-refractivity contribution in [1.29, 1.82) is 0 Å². The maximum absolute atomic E-state index is 13.3. The zero-order valence-corrected chi connectivity index (χ0v) is 19.0. The number of pyridine rings is 1. The summed E-state index contributed by atoms with van der Waals surface area (Å²) < 4.78 is 28.1. The molecular formula is C26H27N3O2S. The molecule has 0 amide bonds. The van der Waals surface area contributed by atoms with Gasteiger partial charge in [0.2, 0.25) is 10.0 Å². The molecule has 2 N–H and O–H groups in total. The number of hydrogen-bond donors (Lipinski definition) is 1. The van der Waals surface area contributed by atoms with Gasteiger partial charge >= 0.3 is 0 Å². The SMILES string of the molecule is Cc1cc(N)cc(S(=O)(=O)N2CCC(=C3c4ccccc4CCc4cccnc43)CC2)c1. The minimum Gasteiger partial charge on any atom is -0.399 e. The van der Waals surface area contributed by atoms with Gasteiger partial charge in [-0.15, -0.1) is 0 Å². The van der Waals surface area contributed by atoms with E-state index in [-0.39, 0.29) is 4.90 Å². The van der Waals surface area contributed by atoms with Crippen LogP contribution in [0, 0.1) is 6.92 Å². The van der Waals surface area contributed by atoms with Crippen LogP contribution in [0.1, 0.15) is 40.8 Å². The molecule has 0 unspecified atom stereocenters. The van der Waals surface area contributed by atoms with Gasteiger partial charge in [-0.1, -0.05) is 35.9 Å². The highest BCUT2D eigenvalue weighted by atomic mass is 32.2. The van der Waals surface area contributed by atoms with Crippen molar-refractivity contribution in [2.24, 2.45) is 0 Å². The summed E-state index contributed by atoms with van der Waals surface area (Å²) in [5, 5.41) is 0. The average molecular weight is 446 g/mol. The minimum atomic E-state index is -3.57. The van der Waals surface area contributed by atoms with E-state index in [0.29, 0.717) is 31.6 Å². The summed E-state index contributed by atoms with van der Waals surface area (Å²) in [6.45, 7) is 2.78. The number of piperidine rings is 1. The lowest BCUT2D eigenvalue weighted by Gasteiger charge is -2.30. The zero-order valence-electron chi connectivity index (χ0n) is 18.2.